The van der Waals surface area contributed by atoms with Crippen molar-refractivity contribution < 1.29 is 9.53 Å². The number of hydrogen-bond donors (Lipinski definition) is 0. The summed E-state index contributed by atoms with van der Waals surface area (Å²) in [5.41, 5.74) is 4.33. The van der Waals surface area contributed by atoms with E-state index in [1.54, 1.807) is 0 Å². The van der Waals surface area contributed by atoms with E-state index < -0.39 is 0 Å². The summed E-state index contributed by atoms with van der Waals surface area (Å²) in [6.07, 6.45) is 2.35. The van der Waals surface area contributed by atoms with Crippen LogP contribution in [0.2, 0.25) is 0 Å². The SMILES string of the molecule is Cc1nc(C2CC2)nc2sc(C(=O)N(C)Cc3ccccc3N3CCOCC3)c(C)c12. The highest BCUT2D eigenvalue weighted by Crippen LogP contribution is 2.40. The molecule has 1 aromatic carbocycles. The van der Waals surface area contributed by atoms with Gasteiger partial charge in [-0.3, -0.25) is 4.79 Å². The molecular weight excluding hydrogens is 408 g/mol. The number of anilines is 1. The molecule has 0 radical (unpaired) electrons. The number of amides is 1. The number of aryl methyl sites for hydroxylation is 2. The molecule has 2 fully saturated rings. The Morgan fingerprint density at radius 1 is 1.19 bits per heavy atom. The average molecular weight is 437 g/mol. The van der Waals surface area contributed by atoms with Gasteiger partial charge < -0.3 is 14.5 Å². The van der Waals surface area contributed by atoms with E-state index in [0.717, 1.165) is 64.0 Å². The third-order valence-corrected chi connectivity index (χ3v) is 7.40. The number of carbonyl (C=O) groups excluding carboxylic acids is 1. The Balaban J connectivity index is 1.41. The Morgan fingerprint density at radius 3 is 2.68 bits per heavy atom. The van der Waals surface area contributed by atoms with Gasteiger partial charge >= 0.3 is 0 Å². The standard InChI is InChI=1S/C24H28N4O2S/c1-15-20-16(2)25-22(17-8-9-17)26-23(20)31-21(15)24(29)27(3)14-18-6-4-5-7-19(18)28-10-12-30-13-11-28/h4-7,17H,8-14H2,1-3H3. The number of para-hydroxylation sites is 1. The topological polar surface area (TPSA) is 58.6 Å². The van der Waals surface area contributed by atoms with Crippen LogP contribution in [0.15, 0.2) is 24.3 Å². The van der Waals surface area contributed by atoms with Crippen LogP contribution < -0.4 is 4.90 Å². The van der Waals surface area contributed by atoms with Crippen LogP contribution in [0.1, 0.15) is 51.1 Å². The van der Waals surface area contributed by atoms with Crippen molar-refractivity contribution in [3.8, 4) is 0 Å². The summed E-state index contributed by atoms with van der Waals surface area (Å²) >= 11 is 1.51. The minimum atomic E-state index is 0.0460. The molecule has 31 heavy (non-hydrogen) atoms. The van der Waals surface area contributed by atoms with Gasteiger partial charge in [-0.15, -0.1) is 11.3 Å². The van der Waals surface area contributed by atoms with Gasteiger partial charge in [0, 0.05) is 43.7 Å². The fourth-order valence-electron chi connectivity index (χ4n) is 4.35. The third-order valence-electron chi connectivity index (χ3n) is 6.22. The summed E-state index contributed by atoms with van der Waals surface area (Å²) in [6, 6.07) is 8.36. The first-order valence-electron chi connectivity index (χ1n) is 11.0. The van der Waals surface area contributed by atoms with Gasteiger partial charge in [-0.1, -0.05) is 18.2 Å². The Morgan fingerprint density at radius 2 is 1.94 bits per heavy atom. The second-order valence-corrected chi connectivity index (χ2v) is 9.57. The molecule has 0 atom stereocenters. The molecule has 1 aliphatic heterocycles. The van der Waals surface area contributed by atoms with Gasteiger partial charge in [0.2, 0.25) is 0 Å². The quantitative estimate of drug-likeness (QED) is 0.597. The Bertz CT molecular complexity index is 1130. The van der Waals surface area contributed by atoms with Crippen molar-refractivity contribution in [2.24, 2.45) is 0 Å². The molecule has 1 saturated carbocycles. The predicted molar refractivity (Wildman–Crippen MR) is 124 cm³/mol. The number of benzene rings is 1. The van der Waals surface area contributed by atoms with E-state index >= 15 is 0 Å². The maximum atomic E-state index is 13.4. The molecule has 5 rings (SSSR count). The lowest BCUT2D eigenvalue weighted by molar-refractivity contribution is 0.0789. The monoisotopic (exact) mass is 436 g/mol. The van der Waals surface area contributed by atoms with Crippen LogP contribution in [0.3, 0.4) is 0 Å². The molecule has 1 saturated heterocycles. The Hall–Kier alpha value is -2.51. The summed E-state index contributed by atoms with van der Waals surface area (Å²) in [7, 11) is 1.89. The summed E-state index contributed by atoms with van der Waals surface area (Å²) in [5, 5.41) is 1.04. The molecule has 0 bridgehead atoms. The first-order chi connectivity index (χ1) is 15.0. The number of hydrogen-bond acceptors (Lipinski definition) is 6. The second-order valence-electron chi connectivity index (χ2n) is 8.57. The van der Waals surface area contributed by atoms with Crippen molar-refractivity contribution in [2.75, 3.05) is 38.3 Å². The number of thiophene rings is 1. The highest BCUT2D eigenvalue weighted by atomic mass is 32.1. The fraction of sp³-hybridized carbons (Fsp3) is 0.458. The lowest BCUT2D eigenvalue weighted by Gasteiger charge is -2.31. The highest BCUT2D eigenvalue weighted by Gasteiger charge is 2.29. The van der Waals surface area contributed by atoms with E-state index in [9.17, 15) is 4.79 Å². The Kier molecular flexibility index (Phi) is 5.40. The molecule has 0 spiro atoms. The van der Waals surface area contributed by atoms with E-state index in [4.69, 9.17) is 14.7 Å². The van der Waals surface area contributed by atoms with Gasteiger partial charge in [0.15, 0.2) is 0 Å². The van der Waals surface area contributed by atoms with Crippen LogP contribution in [0, 0.1) is 13.8 Å². The van der Waals surface area contributed by atoms with Gasteiger partial charge in [0.25, 0.3) is 5.91 Å². The molecule has 1 amide bonds. The summed E-state index contributed by atoms with van der Waals surface area (Å²) in [6.45, 7) is 7.87. The number of nitrogens with zero attached hydrogens (tertiary/aromatic N) is 4. The minimum absolute atomic E-state index is 0.0460. The molecule has 3 heterocycles. The summed E-state index contributed by atoms with van der Waals surface area (Å²) in [4.78, 5) is 28.8. The molecule has 7 heteroatoms. The van der Waals surface area contributed by atoms with Crippen LogP contribution in [0.4, 0.5) is 5.69 Å². The zero-order valence-corrected chi connectivity index (χ0v) is 19.2. The van der Waals surface area contributed by atoms with Crippen molar-refractivity contribution in [3.63, 3.8) is 0 Å². The summed E-state index contributed by atoms with van der Waals surface area (Å²) in [5.74, 6) is 1.49. The van der Waals surface area contributed by atoms with E-state index in [2.05, 4.69) is 23.1 Å². The van der Waals surface area contributed by atoms with Crippen molar-refractivity contribution >= 4 is 33.1 Å². The largest absolute Gasteiger partial charge is 0.378 e. The van der Waals surface area contributed by atoms with E-state index in [-0.39, 0.29) is 5.91 Å². The third kappa shape index (κ3) is 3.92. The van der Waals surface area contributed by atoms with Crippen LogP contribution in [-0.2, 0) is 11.3 Å². The van der Waals surface area contributed by atoms with Crippen LogP contribution in [0.5, 0.6) is 0 Å². The molecule has 2 aromatic heterocycles. The lowest BCUT2D eigenvalue weighted by Crippen LogP contribution is -2.37. The zero-order valence-electron chi connectivity index (χ0n) is 18.4. The first kappa shape index (κ1) is 20.4. The lowest BCUT2D eigenvalue weighted by atomic mass is 10.1. The molecule has 0 unspecified atom stereocenters. The number of carbonyl (C=O) groups is 1. The number of aromatic nitrogens is 2. The molecule has 0 N–H and O–H groups in total. The van der Waals surface area contributed by atoms with Crippen molar-refractivity contribution in [1.82, 2.24) is 14.9 Å². The molecule has 2 aliphatic rings. The normalized spacial score (nSPS) is 16.7. The summed E-state index contributed by atoms with van der Waals surface area (Å²) < 4.78 is 5.50. The Labute approximate surface area is 186 Å². The maximum Gasteiger partial charge on any atom is 0.264 e. The van der Waals surface area contributed by atoms with Gasteiger partial charge in [-0.05, 0) is 43.9 Å². The van der Waals surface area contributed by atoms with Gasteiger partial charge in [0.05, 0.1) is 23.8 Å². The van der Waals surface area contributed by atoms with Crippen LogP contribution in [0.25, 0.3) is 10.2 Å². The molecule has 162 valence electrons. The number of rotatable bonds is 5. The van der Waals surface area contributed by atoms with Crippen molar-refractivity contribution in [3.05, 3.63) is 51.8 Å². The van der Waals surface area contributed by atoms with E-state index in [1.807, 2.05) is 31.9 Å². The van der Waals surface area contributed by atoms with E-state index in [0.29, 0.717) is 12.5 Å². The zero-order chi connectivity index (χ0) is 21.5. The number of fused-ring (bicyclic) bond motifs is 1. The smallest absolute Gasteiger partial charge is 0.264 e. The van der Waals surface area contributed by atoms with Crippen LogP contribution in [-0.4, -0.2) is 54.1 Å². The van der Waals surface area contributed by atoms with Gasteiger partial charge in [-0.2, -0.15) is 0 Å². The average Bonchev–Trinajstić information content (AvgIpc) is 3.58. The van der Waals surface area contributed by atoms with Crippen molar-refractivity contribution in [2.45, 2.75) is 39.2 Å². The fourth-order valence-corrected chi connectivity index (χ4v) is 5.58. The highest BCUT2D eigenvalue weighted by molar-refractivity contribution is 7.20. The number of morpholine rings is 1. The second kappa shape index (κ2) is 8.20. The molecule has 1 aliphatic carbocycles. The molecule has 3 aromatic rings. The van der Waals surface area contributed by atoms with Gasteiger partial charge in [0.1, 0.15) is 10.7 Å². The molecular formula is C24H28N4O2S. The van der Waals surface area contributed by atoms with E-state index in [1.165, 1.54) is 29.9 Å². The van der Waals surface area contributed by atoms with Crippen molar-refractivity contribution in [1.29, 1.82) is 0 Å². The van der Waals surface area contributed by atoms with Crippen LogP contribution >= 0.6 is 11.3 Å². The maximum absolute atomic E-state index is 13.4. The van der Waals surface area contributed by atoms with Gasteiger partial charge in [-0.25, -0.2) is 9.97 Å². The minimum Gasteiger partial charge on any atom is -0.378 e. The predicted octanol–water partition coefficient (Wildman–Crippen LogP) is 4.29. The number of ether oxygens (including phenoxy) is 1. The molecule has 6 nitrogen and oxygen atoms in total. The first-order valence-corrected chi connectivity index (χ1v) is 11.8.